The first-order chi connectivity index (χ1) is 7.95. The molecule has 0 saturated carbocycles. The van der Waals surface area contributed by atoms with Crippen LogP contribution in [0.4, 0.5) is 13.2 Å². The van der Waals surface area contributed by atoms with Crippen LogP contribution in [0.3, 0.4) is 0 Å². The summed E-state index contributed by atoms with van der Waals surface area (Å²) in [6.07, 6.45) is -3.65. The van der Waals surface area contributed by atoms with Crippen LogP contribution in [-0.4, -0.2) is 20.3 Å². The minimum Gasteiger partial charge on any atom is -0.492 e. The molecule has 0 N–H and O–H groups in total. The van der Waals surface area contributed by atoms with Gasteiger partial charge in [-0.1, -0.05) is 0 Å². The normalized spacial score (nSPS) is 11.6. The van der Waals surface area contributed by atoms with Crippen LogP contribution in [0.5, 0.6) is 5.75 Å². The maximum Gasteiger partial charge on any atom is 0.416 e. The first kappa shape index (κ1) is 14.3. The molecule has 0 aliphatic carbocycles. The lowest BCUT2D eigenvalue weighted by Crippen LogP contribution is -2.06. The van der Waals surface area contributed by atoms with Crippen molar-refractivity contribution in [2.75, 3.05) is 20.3 Å². The van der Waals surface area contributed by atoms with Crippen molar-refractivity contribution >= 4 is 15.9 Å². The zero-order valence-corrected chi connectivity index (χ0v) is 10.8. The van der Waals surface area contributed by atoms with Crippen molar-refractivity contribution in [3.63, 3.8) is 0 Å². The second-order valence-electron chi connectivity index (χ2n) is 3.34. The van der Waals surface area contributed by atoms with Gasteiger partial charge in [-0.25, -0.2) is 0 Å². The summed E-state index contributed by atoms with van der Waals surface area (Å²) in [5, 5.41) is 0. The maximum absolute atomic E-state index is 12.4. The zero-order chi connectivity index (χ0) is 12.9. The molecule has 0 aromatic heterocycles. The van der Waals surface area contributed by atoms with E-state index in [0.29, 0.717) is 29.9 Å². The molecule has 1 rings (SSSR count). The van der Waals surface area contributed by atoms with Crippen molar-refractivity contribution in [3.05, 3.63) is 28.2 Å². The third-order valence-electron chi connectivity index (χ3n) is 2.01. The summed E-state index contributed by atoms with van der Waals surface area (Å²) in [4.78, 5) is 0. The van der Waals surface area contributed by atoms with Crippen LogP contribution in [0.15, 0.2) is 22.7 Å². The minimum atomic E-state index is -4.34. The number of hydrogen-bond acceptors (Lipinski definition) is 2. The van der Waals surface area contributed by atoms with Crippen LogP contribution in [0, 0.1) is 0 Å². The number of alkyl halides is 3. The van der Waals surface area contributed by atoms with Gasteiger partial charge in [-0.05, 0) is 34.1 Å². The number of benzene rings is 1. The second-order valence-corrected chi connectivity index (χ2v) is 4.19. The minimum absolute atomic E-state index is 0.296. The smallest absolute Gasteiger partial charge is 0.416 e. The highest BCUT2D eigenvalue weighted by molar-refractivity contribution is 9.10. The first-order valence-corrected chi connectivity index (χ1v) is 5.73. The Kier molecular flexibility index (Phi) is 5.27. The van der Waals surface area contributed by atoms with E-state index in [1.165, 1.54) is 6.07 Å². The van der Waals surface area contributed by atoms with Crippen LogP contribution in [0.2, 0.25) is 0 Å². The molecule has 0 spiro atoms. The predicted molar refractivity (Wildman–Crippen MR) is 61.1 cm³/mol. The molecular weight excluding hydrogens is 301 g/mol. The first-order valence-electron chi connectivity index (χ1n) is 4.93. The van der Waals surface area contributed by atoms with E-state index in [1.807, 2.05) is 0 Å². The maximum atomic E-state index is 12.4. The Labute approximate surface area is 106 Å². The SMILES string of the molecule is COCCCOc1ccc(C(F)(F)F)cc1Br. The third kappa shape index (κ3) is 4.55. The molecule has 0 bridgehead atoms. The molecule has 6 heteroatoms. The molecule has 0 aliphatic heterocycles. The summed E-state index contributed by atoms with van der Waals surface area (Å²) in [7, 11) is 1.58. The highest BCUT2D eigenvalue weighted by Crippen LogP contribution is 2.34. The Morgan fingerprint density at radius 1 is 1.24 bits per heavy atom. The van der Waals surface area contributed by atoms with Gasteiger partial charge >= 0.3 is 6.18 Å². The Morgan fingerprint density at radius 3 is 2.47 bits per heavy atom. The number of hydrogen-bond donors (Lipinski definition) is 0. The van der Waals surface area contributed by atoms with Crippen molar-refractivity contribution in [1.82, 2.24) is 0 Å². The standard InChI is InChI=1S/C11H12BrF3O2/c1-16-5-2-6-17-10-4-3-8(7-9(10)12)11(13,14)15/h3-4,7H,2,5-6H2,1H3. The van der Waals surface area contributed by atoms with Gasteiger partial charge in [0.15, 0.2) is 0 Å². The summed E-state index contributed by atoms with van der Waals surface area (Å²) in [6.45, 7) is 0.954. The summed E-state index contributed by atoms with van der Waals surface area (Å²) < 4.78 is 47.6. The number of halogens is 4. The van der Waals surface area contributed by atoms with Gasteiger partial charge < -0.3 is 9.47 Å². The fraction of sp³-hybridized carbons (Fsp3) is 0.455. The highest BCUT2D eigenvalue weighted by Gasteiger charge is 2.30. The van der Waals surface area contributed by atoms with E-state index in [9.17, 15) is 13.2 Å². The number of ether oxygens (including phenoxy) is 2. The van der Waals surface area contributed by atoms with Crippen molar-refractivity contribution in [1.29, 1.82) is 0 Å². The highest BCUT2D eigenvalue weighted by atomic mass is 79.9. The molecule has 17 heavy (non-hydrogen) atoms. The van der Waals surface area contributed by atoms with Crippen molar-refractivity contribution in [2.24, 2.45) is 0 Å². The van der Waals surface area contributed by atoms with Gasteiger partial charge in [0.25, 0.3) is 0 Å². The quantitative estimate of drug-likeness (QED) is 0.768. The lowest BCUT2D eigenvalue weighted by molar-refractivity contribution is -0.137. The van der Waals surface area contributed by atoms with E-state index >= 15 is 0 Å². The van der Waals surface area contributed by atoms with E-state index < -0.39 is 11.7 Å². The van der Waals surface area contributed by atoms with Crippen LogP contribution in [-0.2, 0) is 10.9 Å². The molecule has 0 saturated heterocycles. The van der Waals surface area contributed by atoms with Crippen LogP contribution in [0.25, 0.3) is 0 Å². The molecule has 96 valence electrons. The molecule has 1 aromatic rings. The summed E-state index contributed by atoms with van der Waals surface area (Å²) >= 11 is 3.05. The van der Waals surface area contributed by atoms with Crippen molar-refractivity contribution in [2.45, 2.75) is 12.6 Å². The fourth-order valence-electron chi connectivity index (χ4n) is 1.18. The summed E-state index contributed by atoms with van der Waals surface area (Å²) in [5.41, 5.74) is -0.700. The van der Waals surface area contributed by atoms with Gasteiger partial charge in [0.1, 0.15) is 5.75 Å². The van der Waals surface area contributed by atoms with Crippen LogP contribution < -0.4 is 4.74 Å². The zero-order valence-electron chi connectivity index (χ0n) is 9.18. The van der Waals surface area contributed by atoms with Gasteiger partial charge in [0, 0.05) is 20.1 Å². The summed E-state index contributed by atoms with van der Waals surface area (Å²) in [5.74, 6) is 0.397. The van der Waals surface area contributed by atoms with Crippen molar-refractivity contribution in [3.8, 4) is 5.75 Å². The lowest BCUT2D eigenvalue weighted by atomic mass is 10.2. The lowest BCUT2D eigenvalue weighted by Gasteiger charge is -2.11. The van der Waals surface area contributed by atoms with Gasteiger partial charge in [-0.3, -0.25) is 0 Å². The van der Waals surface area contributed by atoms with E-state index in [2.05, 4.69) is 15.9 Å². The Balaban J connectivity index is 2.64. The monoisotopic (exact) mass is 312 g/mol. The second kappa shape index (κ2) is 6.26. The molecule has 2 nitrogen and oxygen atoms in total. The summed E-state index contributed by atoms with van der Waals surface area (Å²) in [6, 6.07) is 3.31. The van der Waals surface area contributed by atoms with Gasteiger partial charge in [-0.15, -0.1) is 0 Å². The topological polar surface area (TPSA) is 18.5 Å². The molecule has 0 atom stereocenters. The van der Waals surface area contributed by atoms with Gasteiger partial charge in [0.2, 0.25) is 0 Å². The average Bonchev–Trinajstić information content (AvgIpc) is 2.24. The fourth-order valence-corrected chi connectivity index (χ4v) is 1.67. The molecule has 0 aliphatic rings. The molecule has 0 amide bonds. The Bertz CT molecular complexity index is 366. The van der Waals surface area contributed by atoms with Gasteiger partial charge in [-0.2, -0.15) is 13.2 Å². The molecule has 0 unspecified atom stereocenters. The van der Waals surface area contributed by atoms with Crippen LogP contribution >= 0.6 is 15.9 Å². The third-order valence-corrected chi connectivity index (χ3v) is 2.63. The van der Waals surface area contributed by atoms with Crippen molar-refractivity contribution < 1.29 is 22.6 Å². The number of methoxy groups -OCH3 is 1. The van der Waals surface area contributed by atoms with E-state index in [1.54, 1.807) is 7.11 Å². The van der Waals surface area contributed by atoms with Gasteiger partial charge in [0.05, 0.1) is 16.6 Å². The molecule has 1 aromatic carbocycles. The van der Waals surface area contributed by atoms with E-state index in [4.69, 9.17) is 9.47 Å². The molecular formula is C11H12BrF3O2. The van der Waals surface area contributed by atoms with Crippen LogP contribution in [0.1, 0.15) is 12.0 Å². The largest absolute Gasteiger partial charge is 0.492 e. The Hall–Kier alpha value is -0.750. The predicted octanol–water partition coefficient (Wildman–Crippen LogP) is 3.88. The Morgan fingerprint density at radius 2 is 1.94 bits per heavy atom. The molecule has 0 heterocycles. The van der Waals surface area contributed by atoms with E-state index in [0.717, 1.165) is 12.1 Å². The number of rotatable bonds is 5. The molecule has 0 fully saturated rings. The average molecular weight is 313 g/mol. The van der Waals surface area contributed by atoms with E-state index in [-0.39, 0.29) is 0 Å². The molecule has 0 radical (unpaired) electrons.